The summed E-state index contributed by atoms with van der Waals surface area (Å²) in [6.45, 7) is 10.3. The van der Waals surface area contributed by atoms with Crippen LogP contribution in [-0.4, -0.2) is 84.2 Å². The Kier molecular flexibility index (Phi) is 10.3. The molecule has 48 heavy (non-hydrogen) atoms. The number of benzene rings is 3. The molecule has 5 aromatic rings. The largest absolute Gasteiger partial charge is 0.437 e. The Morgan fingerprint density at radius 2 is 1.69 bits per heavy atom. The van der Waals surface area contributed by atoms with Crippen LogP contribution in [0.3, 0.4) is 0 Å². The van der Waals surface area contributed by atoms with Gasteiger partial charge in [0.05, 0.1) is 11.8 Å². The molecule has 3 heterocycles. The second-order valence-corrected chi connectivity index (χ2v) is 12.3. The van der Waals surface area contributed by atoms with Crippen molar-refractivity contribution < 1.29 is 14.1 Å². The summed E-state index contributed by atoms with van der Waals surface area (Å²) >= 11 is 0. The molecule has 3 aromatic carbocycles. The Morgan fingerprint density at radius 3 is 2.40 bits per heavy atom. The average Bonchev–Trinajstić information content (AvgIpc) is 3.63. The van der Waals surface area contributed by atoms with E-state index in [2.05, 4.69) is 66.7 Å². The van der Waals surface area contributed by atoms with Gasteiger partial charge in [0.25, 0.3) is 5.91 Å². The van der Waals surface area contributed by atoms with Crippen molar-refractivity contribution in [3.63, 3.8) is 0 Å². The van der Waals surface area contributed by atoms with Crippen LogP contribution in [-0.2, 0) is 0 Å². The van der Waals surface area contributed by atoms with Crippen LogP contribution in [0.5, 0.6) is 11.6 Å². The molecule has 1 amide bonds. The summed E-state index contributed by atoms with van der Waals surface area (Å²) in [7, 11) is 4.25. The molecule has 248 valence electrons. The minimum atomic E-state index is -0.381. The molecular weight excluding hydrogens is 604 g/mol. The average molecular weight is 647 g/mol. The molecule has 1 aliphatic rings. The van der Waals surface area contributed by atoms with Crippen LogP contribution < -0.4 is 20.3 Å². The Bertz CT molecular complexity index is 1800. The molecule has 6 rings (SSSR count). The number of para-hydroxylation sites is 2. The molecule has 0 bridgehead atoms. The normalized spacial score (nSPS) is 13.5. The van der Waals surface area contributed by atoms with Crippen LogP contribution in [0.1, 0.15) is 27.9 Å². The van der Waals surface area contributed by atoms with Crippen molar-refractivity contribution >= 4 is 28.9 Å². The maximum absolute atomic E-state index is 13.7. The van der Waals surface area contributed by atoms with Crippen LogP contribution in [0.15, 0.2) is 89.7 Å². The lowest BCUT2D eigenvalue weighted by Crippen LogP contribution is -2.46. The number of hydrogen-bond acceptors (Lipinski definition) is 10. The van der Waals surface area contributed by atoms with E-state index in [1.807, 2.05) is 62.4 Å². The number of aromatic nitrogens is 3. The van der Waals surface area contributed by atoms with Gasteiger partial charge in [0.1, 0.15) is 11.3 Å². The first-order chi connectivity index (χ1) is 23.3. The lowest BCUT2D eigenvalue weighted by atomic mass is 10.1. The van der Waals surface area contributed by atoms with Crippen molar-refractivity contribution in [1.82, 2.24) is 24.9 Å². The summed E-state index contributed by atoms with van der Waals surface area (Å²) in [4.78, 5) is 30.1. The van der Waals surface area contributed by atoms with E-state index in [1.165, 1.54) is 18.3 Å². The lowest BCUT2D eigenvalue weighted by Gasteiger charge is -2.36. The van der Waals surface area contributed by atoms with Gasteiger partial charge in [-0.2, -0.15) is 4.98 Å². The van der Waals surface area contributed by atoms with Crippen LogP contribution in [0.4, 0.5) is 23.0 Å². The van der Waals surface area contributed by atoms with E-state index in [9.17, 15) is 4.79 Å². The van der Waals surface area contributed by atoms with Gasteiger partial charge in [0.2, 0.25) is 11.8 Å². The number of aryl methyl sites for hydroxylation is 2. The lowest BCUT2D eigenvalue weighted by molar-refractivity contribution is 0.102. The maximum atomic E-state index is 13.7. The number of rotatable bonds is 12. The molecule has 0 radical (unpaired) electrons. The minimum Gasteiger partial charge on any atom is -0.437 e. The summed E-state index contributed by atoms with van der Waals surface area (Å²) in [6, 6.07) is 23.3. The first-order valence-corrected chi connectivity index (χ1v) is 16.3. The van der Waals surface area contributed by atoms with Crippen molar-refractivity contribution in [2.24, 2.45) is 0 Å². The first-order valence-electron chi connectivity index (χ1n) is 16.3. The quantitative estimate of drug-likeness (QED) is 0.154. The second kappa shape index (κ2) is 15.1. The molecule has 0 spiro atoms. The van der Waals surface area contributed by atoms with Gasteiger partial charge in [0, 0.05) is 55.5 Å². The molecule has 2 aromatic heterocycles. The van der Waals surface area contributed by atoms with Crippen molar-refractivity contribution in [1.29, 1.82) is 0 Å². The van der Waals surface area contributed by atoms with E-state index in [-0.39, 0.29) is 17.4 Å². The van der Waals surface area contributed by atoms with Crippen LogP contribution in [0, 0.1) is 13.8 Å². The SMILES string of the molecule is Cc1cccc(C)c1NC(=O)c1cnc(Nc2ccc(N3CCN(CCCN(C)C)CC3)cc2)nc1Oc1ccccc1-c1ccno1. The van der Waals surface area contributed by atoms with Gasteiger partial charge in [-0.3, -0.25) is 9.69 Å². The highest BCUT2D eigenvalue weighted by Gasteiger charge is 2.21. The number of ether oxygens (including phenoxy) is 1. The molecule has 1 fully saturated rings. The van der Waals surface area contributed by atoms with Crippen molar-refractivity contribution in [3.05, 3.63) is 102 Å². The number of anilines is 4. The topological polar surface area (TPSA) is 112 Å². The summed E-state index contributed by atoms with van der Waals surface area (Å²) in [6.07, 6.45) is 4.24. The molecule has 11 nitrogen and oxygen atoms in total. The molecule has 11 heteroatoms. The molecule has 2 N–H and O–H groups in total. The molecular formula is C37H42N8O3. The van der Waals surface area contributed by atoms with Gasteiger partial charge in [-0.1, -0.05) is 35.5 Å². The van der Waals surface area contributed by atoms with Crippen LogP contribution in [0.25, 0.3) is 11.3 Å². The zero-order valence-electron chi connectivity index (χ0n) is 27.9. The van der Waals surface area contributed by atoms with Gasteiger partial charge in [-0.15, -0.1) is 0 Å². The third kappa shape index (κ3) is 7.99. The van der Waals surface area contributed by atoms with E-state index in [0.717, 1.165) is 61.8 Å². The third-order valence-electron chi connectivity index (χ3n) is 8.46. The summed E-state index contributed by atoms with van der Waals surface area (Å²) in [5.74, 6) is 1.01. The highest BCUT2D eigenvalue weighted by molar-refractivity contribution is 6.06. The molecule has 0 atom stereocenters. The minimum absolute atomic E-state index is 0.100. The predicted octanol–water partition coefficient (Wildman–Crippen LogP) is 6.61. The fourth-order valence-corrected chi connectivity index (χ4v) is 5.80. The number of nitrogens with zero attached hydrogens (tertiary/aromatic N) is 6. The standard InChI is InChI=1S/C37H42N8O3/c1-26-9-7-10-27(2)34(26)41-35(46)31-25-38-37(42-36(31)47-32-12-6-5-11-30(32)33-17-18-39-48-33)40-28-13-15-29(16-14-28)45-23-21-44(22-24-45)20-8-19-43(3)4/h5-7,9-18,25H,8,19-24H2,1-4H3,(H,41,46)(H,38,40,42). The van der Waals surface area contributed by atoms with Crippen molar-refractivity contribution in [3.8, 4) is 23.0 Å². The Balaban J connectivity index is 1.20. The van der Waals surface area contributed by atoms with E-state index >= 15 is 0 Å². The Morgan fingerprint density at radius 1 is 0.938 bits per heavy atom. The smallest absolute Gasteiger partial charge is 0.262 e. The monoisotopic (exact) mass is 646 g/mol. The van der Waals surface area contributed by atoms with Gasteiger partial charge in [0.15, 0.2) is 5.76 Å². The zero-order valence-corrected chi connectivity index (χ0v) is 27.9. The predicted molar refractivity (Wildman–Crippen MR) is 189 cm³/mol. The summed E-state index contributed by atoms with van der Waals surface area (Å²) < 4.78 is 11.8. The number of amides is 1. The third-order valence-corrected chi connectivity index (χ3v) is 8.46. The van der Waals surface area contributed by atoms with E-state index < -0.39 is 0 Å². The highest BCUT2D eigenvalue weighted by atomic mass is 16.5. The fourth-order valence-electron chi connectivity index (χ4n) is 5.80. The van der Waals surface area contributed by atoms with E-state index in [4.69, 9.17) is 9.26 Å². The van der Waals surface area contributed by atoms with Gasteiger partial charge < -0.3 is 29.7 Å². The molecule has 0 aliphatic carbocycles. The number of piperazine rings is 1. The van der Waals surface area contributed by atoms with Crippen molar-refractivity contribution in [2.45, 2.75) is 20.3 Å². The zero-order chi connectivity index (χ0) is 33.5. The summed E-state index contributed by atoms with van der Waals surface area (Å²) in [5.41, 5.74) is 5.50. The first kappa shape index (κ1) is 32.7. The molecule has 0 unspecified atom stereocenters. The van der Waals surface area contributed by atoms with Gasteiger partial charge in [-0.05, 0) is 95.0 Å². The van der Waals surface area contributed by atoms with Gasteiger partial charge in [-0.25, -0.2) is 4.98 Å². The van der Waals surface area contributed by atoms with E-state index in [1.54, 1.807) is 18.3 Å². The maximum Gasteiger partial charge on any atom is 0.262 e. The number of hydrogen-bond donors (Lipinski definition) is 2. The number of nitrogens with one attached hydrogen (secondary N) is 2. The fraction of sp³-hybridized carbons (Fsp3) is 0.297. The van der Waals surface area contributed by atoms with Crippen LogP contribution >= 0.6 is 0 Å². The Labute approximate surface area is 281 Å². The second-order valence-electron chi connectivity index (χ2n) is 12.3. The Hall–Kier alpha value is -5.26. The number of carbonyl (C=O) groups excluding carboxylic acids is 1. The number of carbonyl (C=O) groups is 1. The van der Waals surface area contributed by atoms with Crippen LogP contribution in [0.2, 0.25) is 0 Å². The summed E-state index contributed by atoms with van der Waals surface area (Å²) in [5, 5.41) is 10.1. The highest BCUT2D eigenvalue weighted by Crippen LogP contribution is 2.34. The van der Waals surface area contributed by atoms with E-state index in [0.29, 0.717) is 23.0 Å². The molecule has 1 aliphatic heterocycles. The molecule has 1 saturated heterocycles. The molecule has 0 saturated carbocycles. The van der Waals surface area contributed by atoms with Crippen molar-refractivity contribution in [2.75, 3.05) is 68.9 Å². The van der Waals surface area contributed by atoms with Gasteiger partial charge >= 0.3 is 0 Å².